The highest BCUT2D eigenvalue weighted by Gasteiger charge is 2.28. The molecule has 1 aliphatic rings. The van der Waals surface area contributed by atoms with E-state index in [1.54, 1.807) is 32.2 Å². The monoisotopic (exact) mass is 405 g/mol. The first kappa shape index (κ1) is 20.1. The van der Waals surface area contributed by atoms with Crippen LogP contribution in [0.2, 0.25) is 0 Å². The van der Waals surface area contributed by atoms with Gasteiger partial charge >= 0.3 is 0 Å². The summed E-state index contributed by atoms with van der Waals surface area (Å²) in [5, 5.41) is 6.88. The van der Waals surface area contributed by atoms with Crippen molar-refractivity contribution in [3.8, 4) is 0 Å². The van der Waals surface area contributed by atoms with Crippen molar-refractivity contribution >= 4 is 21.6 Å². The number of nitrogens with zero attached hydrogens (tertiary/aromatic N) is 1. The highest BCUT2D eigenvalue weighted by Crippen LogP contribution is 2.30. The van der Waals surface area contributed by atoms with Gasteiger partial charge in [0.15, 0.2) is 5.76 Å². The molecule has 0 saturated heterocycles. The van der Waals surface area contributed by atoms with Crippen LogP contribution in [0.3, 0.4) is 0 Å². The topological polar surface area (TPSA) is 110 Å². The van der Waals surface area contributed by atoms with Crippen LogP contribution in [-0.2, 0) is 21.2 Å². The van der Waals surface area contributed by atoms with Gasteiger partial charge in [-0.05, 0) is 31.9 Å². The number of benzene rings is 1. The summed E-state index contributed by atoms with van der Waals surface area (Å²) >= 11 is 0. The number of ether oxygens (including phenoxy) is 1. The number of rotatable bonds is 7. The number of hydrazone groups is 1. The van der Waals surface area contributed by atoms with Gasteiger partial charge in [-0.25, -0.2) is 0 Å². The average Bonchev–Trinajstić information content (AvgIpc) is 3.05. The lowest BCUT2D eigenvalue weighted by atomic mass is 9.93. The molecule has 2 aromatic rings. The minimum Gasteiger partial charge on any atom is -0.455 e. The summed E-state index contributed by atoms with van der Waals surface area (Å²) in [5.74, 6) is 0.549. The Bertz CT molecular complexity index is 980. The van der Waals surface area contributed by atoms with Crippen LogP contribution in [0.25, 0.3) is 0 Å². The van der Waals surface area contributed by atoms with Crippen molar-refractivity contribution in [3.63, 3.8) is 0 Å². The van der Waals surface area contributed by atoms with Crippen molar-refractivity contribution in [3.05, 3.63) is 53.0 Å². The van der Waals surface area contributed by atoms with Crippen LogP contribution in [0.4, 0.5) is 0 Å². The second-order valence-electron chi connectivity index (χ2n) is 6.42. The molecule has 1 aromatic heterocycles. The molecule has 2 N–H and O–H groups in total. The number of nitrogens with one attached hydrogen (secondary N) is 2. The van der Waals surface area contributed by atoms with E-state index in [4.69, 9.17) is 9.15 Å². The molecule has 0 atom stereocenters. The zero-order chi connectivity index (χ0) is 20.1. The second kappa shape index (κ2) is 8.57. The molecular weight excluding hydrogens is 382 g/mol. The van der Waals surface area contributed by atoms with Gasteiger partial charge in [0, 0.05) is 31.2 Å². The lowest BCUT2D eigenvalue weighted by Gasteiger charge is -2.14. The summed E-state index contributed by atoms with van der Waals surface area (Å²) in [6, 6.07) is 8.04. The van der Waals surface area contributed by atoms with Gasteiger partial charge in [0.2, 0.25) is 0 Å². The molecule has 1 aliphatic carbocycles. The van der Waals surface area contributed by atoms with Gasteiger partial charge in [-0.3, -0.25) is 4.79 Å². The van der Waals surface area contributed by atoms with Crippen LogP contribution in [0.15, 0.2) is 44.7 Å². The van der Waals surface area contributed by atoms with E-state index >= 15 is 0 Å². The molecule has 1 aromatic carbocycles. The summed E-state index contributed by atoms with van der Waals surface area (Å²) in [7, 11) is -2.20. The zero-order valence-electron chi connectivity index (χ0n) is 15.8. The van der Waals surface area contributed by atoms with E-state index in [0.717, 1.165) is 6.42 Å². The number of hydrogen-bond donors (Lipinski definition) is 2. The molecular formula is C19H23N3O5S. The SMILES string of the molecule is COCCNC(=O)c1oc2c(c1C)/C(=N/NS(=O)(=O)c1ccccc1)CCC2. The Labute approximate surface area is 164 Å². The number of fused-ring (bicyclic) bond motifs is 1. The highest BCUT2D eigenvalue weighted by atomic mass is 32.2. The van der Waals surface area contributed by atoms with Crippen LogP contribution >= 0.6 is 0 Å². The van der Waals surface area contributed by atoms with E-state index in [-0.39, 0.29) is 16.6 Å². The van der Waals surface area contributed by atoms with Gasteiger partial charge in [0.25, 0.3) is 15.9 Å². The van der Waals surface area contributed by atoms with Crippen molar-refractivity contribution in [2.24, 2.45) is 5.10 Å². The molecule has 0 radical (unpaired) electrons. The number of sulfonamides is 1. The maximum atomic E-state index is 12.4. The second-order valence-corrected chi connectivity index (χ2v) is 8.08. The maximum Gasteiger partial charge on any atom is 0.287 e. The number of amides is 1. The van der Waals surface area contributed by atoms with Gasteiger partial charge < -0.3 is 14.5 Å². The number of furan rings is 1. The third-order valence-corrected chi connectivity index (χ3v) is 5.70. The van der Waals surface area contributed by atoms with Crippen molar-refractivity contribution in [1.82, 2.24) is 10.1 Å². The predicted octanol–water partition coefficient (Wildman–Crippen LogP) is 1.98. The molecule has 9 heteroatoms. The number of carbonyl (C=O) groups excluding carboxylic acids is 1. The van der Waals surface area contributed by atoms with Crippen molar-refractivity contribution in [2.75, 3.05) is 20.3 Å². The largest absolute Gasteiger partial charge is 0.455 e. The number of methoxy groups -OCH3 is 1. The summed E-state index contributed by atoms with van der Waals surface area (Å²) in [5.41, 5.74) is 1.93. The Morgan fingerprint density at radius 3 is 2.71 bits per heavy atom. The highest BCUT2D eigenvalue weighted by molar-refractivity contribution is 7.89. The van der Waals surface area contributed by atoms with Crippen LogP contribution in [0, 0.1) is 6.92 Å². The molecule has 28 heavy (non-hydrogen) atoms. The summed E-state index contributed by atoms with van der Waals surface area (Å²) < 4.78 is 35.5. The van der Waals surface area contributed by atoms with Gasteiger partial charge in [0.1, 0.15) is 5.76 Å². The van der Waals surface area contributed by atoms with Gasteiger partial charge in [-0.2, -0.15) is 18.4 Å². The smallest absolute Gasteiger partial charge is 0.287 e. The fourth-order valence-electron chi connectivity index (χ4n) is 3.11. The van der Waals surface area contributed by atoms with E-state index in [2.05, 4.69) is 15.2 Å². The first-order chi connectivity index (χ1) is 13.4. The molecule has 0 unspecified atom stereocenters. The Kier molecular flexibility index (Phi) is 6.15. The van der Waals surface area contributed by atoms with Crippen LogP contribution in [0.5, 0.6) is 0 Å². The van der Waals surface area contributed by atoms with E-state index in [1.807, 2.05) is 0 Å². The van der Waals surface area contributed by atoms with Gasteiger partial charge in [-0.15, -0.1) is 0 Å². The normalized spacial score (nSPS) is 15.3. The molecule has 150 valence electrons. The summed E-state index contributed by atoms with van der Waals surface area (Å²) in [6.07, 6.45) is 2.03. The third-order valence-electron chi connectivity index (χ3n) is 4.48. The van der Waals surface area contributed by atoms with Crippen LogP contribution < -0.4 is 10.1 Å². The van der Waals surface area contributed by atoms with Crippen LogP contribution in [-0.4, -0.2) is 40.3 Å². The summed E-state index contributed by atoms with van der Waals surface area (Å²) in [4.78, 5) is 14.8. The van der Waals surface area contributed by atoms with Crippen molar-refractivity contribution in [1.29, 1.82) is 0 Å². The Morgan fingerprint density at radius 2 is 2.00 bits per heavy atom. The Hall–Kier alpha value is -2.65. The summed E-state index contributed by atoms with van der Waals surface area (Å²) in [6.45, 7) is 2.55. The lowest BCUT2D eigenvalue weighted by Crippen LogP contribution is -2.27. The molecule has 0 spiro atoms. The third kappa shape index (κ3) is 4.26. The molecule has 0 fully saturated rings. The van der Waals surface area contributed by atoms with Crippen molar-refractivity contribution in [2.45, 2.75) is 31.1 Å². The molecule has 0 saturated carbocycles. The average molecular weight is 405 g/mol. The predicted molar refractivity (Wildman–Crippen MR) is 104 cm³/mol. The first-order valence-electron chi connectivity index (χ1n) is 8.97. The van der Waals surface area contributed by atoms with Crippen molar-refractivity contribution < 1.29 is 22.4 Å². The number of aryl methyl sites for hydroxylation is 1. The number of hydrogen-bond acceptors (Lipinski definition) is 6. The zero-order valence-corrected chi connectivity index (χ0v) is 16.6. The molecule has 0 bridgehead atoms. The van der Waals surface area contributed by atoms with Crippen LogP contribution in [0.1, 0.15) is 40.3 Å². The van der Waals surface area contributed by atoms with E-state index in [1.165, 1.54) is 12.1 Å². The molecule has 8 nitrogen and oxygen atoms in total. The van der Waals surface area contributed by atoms with Gasteiger partial charge in [-0.1, -0.05) is 18.2 Å². The fraction of sp³-hybridized carbons (Fsp3) is 0.368. The molecule has 1 heterocycles. The number of carbonyl (C=O) groups is 1. The van der Waals surface area contributed by atoms with E-state index in [9.17, 15) is 13.2 Å². The minimum atomic E-state index is -3.76. The van der Waals surface area contributed by atoms with Gasteiger partial charge in [0.05, 0.1) is 17.2 Å². The fourth-order valence-corrected chi connectivity index (χ4v) is 3.96. The minimum absolute atomic E-state index is 0.137. The van der Waals surface area contributed by atoms with E-state index < -0.39 is 10.0 Å². The molecule has 1 amide bonds. The quantitative estimate of drug-likeness (QED) is 0.541. The standard InChI is InChI=1S/C19H23N3O5S/c1-13-17-15(21-22-28(24,25)14-7-4-3-5-8-14)9-6-10-16(17)27-18(13)19(23)20-11-12-26-2/h3-5,7-8,22H,6,9-12H2,1-2H3,(H,20,23)/b21-15+. The molecule has 0 aliphatic heterocycles. The molecule has 3 rings (SSSR count). The first-order valence-corrected chi connectivity index (χ1v) is 10.5. The lowest BCUT2D eigenvalue weighted by molar-refractivity contribution is 0.0907. The maximum absolute atomic E-state index is 12.4. The Balaban J connectivity index is 1.85. The van der Waals surface area contributed by atoms with E-state index in [0.29, 0.717) is 48.6 Å². The Morgan fingerprint density at radius 1 is 1.25 bits per heavy atom.